The van der Waals surface area contributed by atoms with E-state index in [9.17, 15) is 24.3 Å². The third-order valence-corrected chi connectivity index (χ3v) is 26.8. The average molecular weight is 1060 g/mol. The van der Waals surface area contributed by atoms with E-state index in [4.69, 9.17) is 32.5 Å². The number of esters is 4. The SMILES string of the molecule is C/C=C(\C)C(=O)N[C@@H](c1ccccc1)[C@@H](O[Si](C)(C)C(C)(C)C)C(=O)O[C@H]1C[C@@]2(O)C(OC(=O)c3ccccc3)C3[C@](C)(C(=O)[C@H](O[Si](CC)(CC)CC)C(=C1C)C2(C)C)[C@@H](OC(C)=O)C[C@H]1OC[C@@]31OC(C)=O. The first kappa shape index (κ1) is 58.5. The fourth-order valence-corrected chi connectivity index (χ4v) is 15.7. The van der Waals surface area contributed by atoms with Crippen molar-refractivity contribution in [3.63, 3.8) is 0 Å². The van der Waals surface area contributed by atoms with Gasteiger partial charge >= 0.3 is 23.9 Å². The van der Waals surface area contributed by atoms with E-state index in [1.165, 1.54) is 13.8 Å². The lowest BCUT2D eigenvalue weighted by Gasteiger charge is -2.68. The van der Waals surface area contributed by atoms with Crippen LogP contribution in [-0.4, -0.2) is 112 Å². The quantitative estimate of drug-likeness (QED) is 0.0499. The summed E-state index contributed by atoms with van der Waals surface area (Å²) < 4.78 is 46.8. The van der Waals surface area contributed by atoms with E-state index in [1.807, 2.05) is 60.7 Å². The summed E-state index contributed by atoms with van der Waals surface area (Å²) in [5, 5.41) is 17.1. The van der Waals surface area contributed by atoms with Crippen LogP contribution in [0.2, 0.25) is 36.3 Å². The van der Waals surface area contributed by atoms with Crippen molar-refractivity contribution in [2.45, 2.75) is 200 Å². The Bertz CT molecular complexity index is 2510. The normalized spacial score (nSPS) is 29.7. The molecule has 0 spiro atoms. The predicted octanol–water partition coefficient (Wildman–Crippen LogP) is 9.45. The Kier molecular flexibility index (Phi) is 17.1. The van der Waals surface area contributed by atoms with Gasteiger partial charge < -0.3 is 43.0 Å². The van der Waals surface area contributed by atoms with Crippen molar-refractivity contribution in [1.29, 1.82) is 0 Å². The number of carbonyl (C=O) groups is 6. The number of rotatable bonds is 17. The highest BCUT2D eigenvalue weighted by Crippen LogP contribution is 2.65. The Balaban J connectivity index is 1.69. The molecule has 1 heterocycles. The van der Waals surface area contributed by atoms with Crippen LogP contribution in [0.3, 0.4) is 0 Å². The van der Waals surface area contributed by atoms with Gasteiger partial charge in [0.05, 0.1) is 29.5 Å². The number of amides is 1. The molecule has 0 aromatic heterocycles. The molecule has 3 aliphatic carbocycles. The summed E-state index contributed by atoms with van der Waals surface area (Å²) >= 11 is 0. The first-order chi connectivity index (χ1) is 34.4. The minimum absolute atomic E-state index is 0.0715. The molecule has 2 saturated carbocycles. The van der Waals surface area contributed by atoms with Crippen molar-refractivity contribution < 1.29 is 66.4 Å². The number of Topliss-reactive ketones (excluding diaryl/α,β-unsaturated/α-hetero) is 1. The Hall–Kier alpha value is -4.79. The number of allylic oxidation sites excluding steroid dienone is 1. The zero-order valence-corrected chi connectivity index (χ0v) is 48.5. The lowest BCUT2D eigenvalue weighted by molar-refractivity contribution is -0.346. The van der Waals surface area contributed by atoms with Gasteiger partial charge in [0.1, 0.15) is 36.1 Å². The molecule has 2 aromatic carbocycles. The average Bonchev–Trinajstić information content (AvgIpc) is 3.34. The van der Waals surface area contributed by atoms with E-state index < -0.39 is 134 Å². The van der Waals surface area contributed by atoms with Crippen LogP contribution in [0.1, 0.15) is 132 Å². The van der Waals surface area contributed by atoms with E-state index in [0.717, 1.165) is 0 Å². The van der Waals surface area contributed by atoms with Crippen molar-refractivity contribution in [2.24, 2.45) is 16.7 Å². The molecule has 4 aliphatic rings. The van der Waals surface area contributed by atoms with Crippen LogP contribution in [0.5, 0.6) is 0 Å². The number of carbonyl (C=O) groups excluding carboxylic acids is 6. The number of fused-ring (bicyclic) bond motifs is 5. The lowest BCUT2D eigenvalue weighted by Crippen LogP contribution is -2.82. The smallest absolute Gasteiger partial charge is 0.338 e. The molecule has 17 heteroatoms. The molecule has 406 valence electrons. The molecule has 2 bridgehead atoms. The molecule has 3 fully saturated rings. The number of hydrogen-bond donors (Lipinski definition) is 2. The monoisotopic (exact) mass is 1060 g/mol. The Morgan fingerprint density at radius 3 is 1.96 bits per heavy atom. The standard InChI is InChI=1S/C57H81NO14Si2/c1-17-34(5)50(62)58-44(38-27-23-21-24-28-38)46(71-73(15,16)53(9,10)11)52(64)68-40-32-57(65)49(69-51(63)39-29-25-22-26-30-39)47-55(14,41(67-36(7)59)31-42-56(47,33-66-42)70-37(8)60)48(61)45(43(35(40)6)54(57,12)13)72-74(18-2,19-3)20-4/h17,21-30,40-42,44-47,49,65H,18-20,31-33H2,1-16H3,(H,58,62)/b34-17+/t40-,41-,42+,44-,45+,46+,47?,49?,55+,56-,57+/m0/s1. The van der Waals surface area contributed by atoms with Gasteiger partial charge in [0.25, 0.3) is 0 Å². The lowest BCUT2D eigenvalue weighted by atomic mass is 9.44. The second kappa shape index (κ2) is 21.7. The summed E-state index contributed by atoms with van der Waals surface area (Å²) in [5.41, 5.74) is -5.58. The van der Waals surface area contributed by atoms with E-state index in [2.05, 4.69) is 5.32 Å². The van der Waals surface area contributed by atoms with E-state index in [1.54, 1.807) is 102 Å². The van der Waals surface area contributed by atoms with Gasteiger partial charge in [-0.1, -0.05) is 110 Å². The second-order valence-electron chi connectivity index (χ2n) is 23.1. The molecule has 1 aliphatic heterocycles. The van der Waals surface area contributed by atoms with Gasteiger partial charge in [0, 0.05) is 37.7 Å². The molecule has 15 nitrogen and oxygen atoms in total. The maximum absolute atomic E-state index is 16.7. The third kappa shape index (κ3) is 10.4. The van der Waals surface area contributed by atoms with E-state index in [-0.39, 0.29) is 18.6 Å². The van der Waals surface area contributed by atoms with Crippen molar-refractivity contribution in [3.8, 4) is 0 Å². The molecule has 2 aromatic rings. The number of hydrogen-bond acceptors (Lipinski definition) is 14. The minimum Gasteiger partial charge on any atom is -0.461 e. The fraction of sp³-hybridized carbons (Fsp3) is 0.614. The molecule has 1 amide bonds. The highest BCUT2D eigenvalue weighted by atomic mass is 28.4. The van der Waals surface area contributed by atoms with Crippen LogP contribution < -0.4 is 5.32 Å². The van der Waals surface area contributed by atoms with Crippen molar-refractivity contribution >= 4 is 52.2 Å². The van der Waals surface area contributed by atoms with Gasteiger partial charge in [-0.15, -0.1) is 0 Å². The Morgan fingerprint density at radius 2 is 1.46 bits per heavy atom. The number of nitrogens with one attached hydrogen (secondary N) is 1. The van der Waals surface area contributed by atoms with Crippen molar-refractivity contribution in [2.75, 3.05) is 6.61 Å². The molecule has 6 rings (SSSR count). The molecule has 74 heavy (non-hydrogen) atoms. The zero-order chi connectivity index (χ0) is 55.1. The fourth-order valence-electron chi connectivity index (χ4n) is 11.8. The third-order valence-electron chi connectivity index (χ3n) is 17.7. The van der Waals surface area contributed by atoms with Crippen LogP contribution in [0.15, 0.2) is 83.5 Å². The highest BCUT2D eigenvalue weighted by molar-refractivity contribution is 6.74. The summed E-state index contributed by atoms with van der Waals surface area (Å²) in [5.74, 6) is -5.54. The van der Waals surface area contributed by atoms with Gasteiger partial charge in [0.2, 0.25) is 5.91 Å². The Morgan fingerprint density at radius 1 is 0.878 bits per heavy atom. The van der Waals surface area contributed by atoms with Crippen molar-refractivity contribution in [3.05, 3.63) is 94.6 Å². The van der Waals surface area contributed by atoms with Crippen LogP contribution in [0.25, 0.3) is 0 Å². The van der Waals surface area contributed by atoms with Crippen LogP contribution in [-0.2, 0) is 56.5 Å². The summed E-state index contributed by atoms with van der Waals surface area (Å²) in [6.07, 6.45) is -6.99. The molecule has 0 radical (unpaired) electrons. The van der Waals surface area contributed by atoms with Crippen LogP contribution in [0.4, 0.5) is 0 Å². The van der Waals surface area contributed by atoms with Crippen LogP contribution >= 0.6 is 0 Å². The van der Waals surface area contributed by atoms with Crippen LogP contribution in [0, 0.1) is 16.7 Å². The predicted molar refractivity (Wildman–Crippen MR) is 283 cm³/mol. The molecular weight excluding hydrogens is 979 g/mol. The summed E-state index contributed by atoms with van der Waals surface area (Å²) in [7, 11) is -5.76. The molecule has 11 atom stereocenters. The maximum Gasteiger partial charge on any atom is 0.338 e. The molecule has 2 N–H and O–H groups in total. The van der Waals surface area contributed by atoms with E-state index >= 15 is 9.59 Å². The highest BCUT2D eigenvalue weighted by Gasteiger charge is 2.79. The van der Waals surface area contributed by atoms with E-state index in [0.29, 0.717) is 40.4 Å². The molecular formula is C57H81NO14Si2. The zero-order valence-electron chi connectivity index (χ0n) is 46.5. The number of benzene rings is 2. The van der Waals surface area contributed by atoms with Gasteiger partial charge in [-0.25, -0.2) is 9.59 Å². The first-order valence-electron chi connectivity index (χ1n) is 26.2. The van der Waals surface area contributed by atoms with Gasteiger partial charge in [-0.2, -0.15) is 0 Å². The number of aliphatic hydroxyl groups is 1. The summed E-state index contributed by atoms with van der Waals surface area (Å²) in [4.78, 5) is 87.9. The Labute approximate surface area is 440 Å². The van der Waals surface area contributed by atoms with Gasteiger partial charge in [-0.3, -0.25) is 19.2 Å². The second-order valence-corrected chi connectivity index (χ2v) is 32.6. The maximum atomic E-state index is 16.7. The minimum atomic E-state index is -2.90. The first-order valence-corrected chi connectivity index (χ1v) is 31.7. The topological polar surface area (TPSA) is 199 Å². The molecule has 2 unspecified atom stereocenters. The van der Waals surface area contributed by atoms with Gasteiger partial charge in [-0.05, 0) is 92.8 Å². The number of ketones is 1. The van der Waals surface area contributed by atoms with Gasteiger partial charge in [0.15, 0.2) is 34.1 Å². The van der Waals surface area contributed by atoms with Crippen molar-refractivity contribution in [1.82, 2.24) is 5.32 Å². The largest absolute Gasteiger partial charge is 0.461 e. The summed E-state index contributed by atoms with van der Waals surface area (Å²) in [6, 6.07) is 18.0. The molecule has 1 saturated heterocycles. The number of ether oxygens (including phenoxy) is 5. The summed E-state index contributed by atoms with van der Waals surface area (Å²) in [6.45, 7) is 28.7.